The third-order valence-electron chi connectivity index (χ3n) is 1.69. The van der Waals surface area contributed by atoms with Crippen LogP contribution in [0.4, 0.5) is 0 Å². The Bertz CT molecular complexity index is 87.7. The van der Waals surface area contributed by atoms with E-state index in [1.54, 1.807) is 0 Å². The van der Waals surface area contributed by atoms with Crippen molar-refractivity contribution in [3.05, 3.63) is 5.21 Å². The van der Waals surface area contributed by atoms with Gasteiger partial charge in [0.25, 0.3) is 0 Å². The molecule has 3 nitrogen and oxygen atoms in total. The molecule has 10 heavy (non-hydrogen) atoms. The molecule has 1 heterocycles. The average molecular weight is 186 g/mol. The van der Waals surface area contributed by atoms with Gasteiger partial charge < -0.3 is 10.3 Å². The second-order valence-corrected chi connectivity index (χ2v) is 2.70. The second kappa shape index (κ2) is 6.46. The smallest absolute Gasteiger partial charge is 0.785 e. The summed E-state index contributed by atoms with van der Waals surface area (Å²) in [7, 11) is 2.49. The molecule has 1 rings (SSSR count). The first kappa shape index (κ1) is 11.9. The third-order valence-corrected chi connectivity index (χ3v) is 2.16. The van der Waals surface area contributed by atoms with Crippen LogP contribution in [0.3, 0.4) is 0 Å². The standard InChI is InChI=1S/C5H12N2OP.K/c8-7-3-1-5(6-9)2-4-7;/h5-6H,1-4,9H2;/q-1;+1. The number of rotatable bonds is 1. The van der Waals surface area contributed by atoms with Gasteiger partial charge in [-0.15, -0.1) is 0 Å². The van der Waals surface area contributed by atoms with Crippen molar-refractivity contribution in [2.24, 2.45) is 0 Å². The predicted molar refractivity (Wildman–Crippen MR) is 40.8 cm³/mol. The van der Waals surface area contributed by atoms with Crippen LogP contribution >= 0.6 is 9.39 Å². The molecular formula is C5H12KN2OP. The van der Waals surface area contributed by atoms with E-state index in [4.69, 9.17) is 0 Å². The number of piperidine rings is 1. The summed E-state index contributed by atoms with van der Waals surface area (Å²) in [4.78, 5) is 0. The minimum Gasteiger partial charge on any atom is -0.785 e. The summed E-state index contributed by atoms with van der Waals surface area (Å²) in [6, 6.07) is 0.542. The summed E-state index contributed by atoms with van der Waals surface area (Å²) >= 11 is 0. The molecule has 0 aromatic heterocycles. The SMILES string of the molecule is [K+].[O-]N1CCC(NP)CC1. The van der Waals surface area contributed by atoms with Gasteiger partial charge in [0, 0.05) is 6.04 Å². The summed E-state index contributed by atoms with van der Waals surface area (Å²) in [5.41, 5.74) is 0. The van der Waals surface area contributed by atoms with E-state index in [0.717, 1.165) is 17.9 Å². The number of hydrogen-bond donors (Lipinski definition) is 1. The zero-order chi connectivity index (χ0) is 6.69. The van der Waals surface area contributed by atoms with Crippen LogP contribution in [0.5, 0.6) is 0 Å². The van der Waals surface area contributed by atoms with Crippen LogP contribution in [-0.4, -0.2) is 24.2 Å². The summed E-state index contributed by atoms with van der Waals surface area (Å²) in [5.74, 6) is 0. The number of nitrogens with zero attached hydrogens (tertiary/aromatic N) is 1. The van der Waals surface area contributed by atoms with Crippen LogP contribution in [-0.2, 0) is 0 Å². The van der Waals surface area contributed by atoms with Crippen molar-refractivity contribution in [1.29, 1.82) is 0 Å². The second-order valence-electron chi connectivity index (χ2n) is 2.37. The maximum atomic E-state index is 10.6. The minimum atomic E-state index is 0. The first-order chi connectivity index (χ1) is 4.33. The van der Waals surface area contributed by atoms with Crippen molar-refractivity contribution >= 4 is 9.39 Å². The maximum Gasteiger partial charge on any atom is 1.00 e. The van der Waals surface area contributed by atoms with Crippen molar-refractivity contribution in [1.82, 2.24) is 10.2 Å². The van der Waals surface area contributed by atoms with E-state index in [1.165, 1.54) is 0 Å². The molecule has 1 aliphatic rings. The van der Waals surface area contributed by atoms with Gasteiger partial charge in [-0.05, 0) is 25.9 Å². The van der Waals surface area contributed by atoms with E-state index in [0.29, 0.717) is 19.1 Å². The van der Waals surface area contributed by atoms with E-state index in [-0.39, 0.29) is 51.4 Å². The normalized spacial score (nSPS) is 22.2. The van der Waals surface area contributed by atoms with Crippen LogP contribution in [0.15, 0.2) is 0 Å². The Labute approximate surface area is 107 Å². The third kappa shape index (κ3) is 4.09. The van der Waals surface area contributed by atoms with E-state index < -0.39 is 0 Å². The number of nitrogens with one attached hydrogen (secondary N) is 1. The molecule has 1 N–H and O–H groups in total. The molecule has 5 heteroatoms. The molecule has 0 aliphatic carbocycles. The molecule has 0 bridgehead atoms. The maximum absolute atomic E-state index is 10.6. The van der Waals surface area contributed by atoms with Crippen molar-refractivity contribution in [2.75, 3.05) is 13.1 Å². The Hall–Kier alpha value is 1.95. The first-order valence-electron chi connectivity index (χ1n) is 3.21. The van der Waals surface area contributed by atoms with Gasteiger partial charge >= 0.3 is 51.4 Å². The van der Waals surface area contributed by atoms with Crippen molar-refractivity contribution in [3.8, 4) is 0 Å². The molecule has 0 amide bonds. The van der Waals surface area contributed by atoms with E-state index in [1.807, 2.05) is 0 Å². The molecule has 0 aromatic carbocycles. The summed E-state index contributed by atoms with van der Waals surface area (Å²) in [5, 5.41) is 14.8. The van der Waals surface area contributed by atoms with E-state index >= 15 is 0 Å². The van der Waals surface area contributed by atoms with Gasteiger partial charge in [0.15, 0.2) is 0 Å². The number of hydrogen-bond acceptors (Lipinski definition) is 3. The number of hydroxylamine groups is 2. The predicted octanol–water partition coefficient (Wildman–Crippen LogP) is -2.67. The fraction of sp³-hybridized carbons (Fsp3) is 1.00. The zero-order valence-electron chi connectivity index (χ0n) is 6.34. The van der Waals surface area contributed by atoms with Crippen LogP contribution in [0.1, 0.15) is 12.8 Å². The fourth-order valence-corrected chi connectivity index (χ4v) is 1.36. The van der Waals surface area contributed by atoms with E-state index in [9.17, 15) is 5.21 Å². The molecule has 0 saturated carbocycles. The Morgan fingerprint density at radius 2 is 1.90 bits per heavy atom. The van der Waals surface area contributed by atoms with Crippen LogP contribution < -0.4 is 56.5 Å². The zero-order valence-corrected chi connectivity index (χ0v) is 10.6. The van der Waals surface area contributed by atoms with Gasteiger partial charge in [0.05, 0.1) is 0 Å². The van der Waals surface area contributed by atoms with Crippen molar-refractivity contribution in [2.45, 2.75) is 18.9 Å². The molecule has 1 atom stereocenters. The Morgan fingerprint density at radius 1 is 1.40 bits per heavy atom. The van der Waals surface area contributed by atoms with Crippen LogP contribution in [0.2, 0.25) is 0 Å². The summed E-state index contributed by atoms with van der Waals surface area (Å²) in [6.07, 6.45) is 1.96. The minimum absolute atomic E-state index is 0. The molecule has 0 radical (unpaired) electrons. The van der Waals surface area contributed by atoms with Gasteiger partial charge in [-0.2, -0.15) is 0 Å². The topological polar surface area (TPSA) is 38.3 Å². The molecule has 54 valence electrons. The molecule has 0 spiro atoms. The molecule has 1 fully saturated rings. The van der Waals surface area contributed by atoms with Crippen molar-refractivity contribution in [3.63, 3.8) is 0 Å². The van der Waals surface area contributed by atoms with Crippen LogP contribution in [0, 0.1) is 5.21 Å². The molecule has 0 aromatic rings. The fourth-order valence-electron chi connectivity index (χ4n) is 1.02. The monoisotopic (exact) mass is 186 g/mol. The summed E-state index contributed by atoms with van der Waals surface area (Å²) < 4.78 is 0. The molecular weight excluding hydrogens is 174 g/mol. The molecule has 1 unspecified atom stereocenters. The van der Waals surface area contributed by atoms with Gasteiger partial charge in [-0.3, -0.25) is 5.09 Å². The largest absolute Gasteiger partial charge is 1.00 e. The summed E-state index contributed by atoms with van der Waals surface area (Å²) in [6.45, 7) is 1.37. The molecule has 1 saturated heterocycles. The van der Waals surface area contributed by atoms with Gasteiger partial charge in [0.1, 0.15) is 0 Å². The van der Waals surface area contributed by atoms with Crippen LogP contribution in [0.25, 0.3) is 0 Å². The van der Waals surface area contributed by atoms with Crippen molar-refractivity contribution < 1.29 is 51.4 Å². The van der Waals surface area contributed by atoms with Gasteiger partial charge in [-0.25, -0.2) is 0 Å². The van der Waals surface area contributed by atoms with Gasteiger partial charge in [0.2, 0.25) is 0 Å². The van der Waals surface area contributed by atoms with Gasteiger partial charge in [-0.1, -0.05) is 9.39 Å². The Balaban J connectivity index is 0.000000810. The Morgan fingerprint density at radius 3 is 2.30 bits per heavy atom. The molecule has 1 aliphatic heterocycles. The van der Waals surface area contributed by atoms with E-state index in [2.05, 4.69) is 14.5 Å². The average Bonchev–Trinajstić information content (AvgIpc) is 1.90. The first-order valence-corrected chi connectivity index (χ1v) is 3.79. The Kier molecular flexibility index (Phi) is 7.72. The quantitative estimate of drug-likeness (QED) is 0.358.